The van der Waals surface area contributed by atoms with Crippen molar-refractivity contribution < 1.29 is 0 Å². The maximum absolute atomic E-state index is 4.88. The first kappa shape index (κ1) is 18.1. The minimum Gasteiger partial charge on any atom is -0.316 e. The van der Waals surface area contributed by atoms with Gasteiger partial charge in [0.2, 0.25) is 0 Å². The molecule has 0 unspecified atom stereocenters. The highest BCUT2D eigenvalue weighted by Gasteiger charge is 2.23. The van der Waals surface area contributed by atoms with Gasteiger partial charge in [0.05, 0.1) is 6.20 Å². The Hall–Kier alpha value is -2.25. The van der Waals surface area contributed by atoms with Crippen LogP contribution in [-0.2, 0) is 13.6 Å². The van der Waals surface area contributed by atoms with Crippen molar-refractivity contribution in [2.75, 3.05) is 18.4 Å². The van der Waals surface area contributed by atoms with Crippen molar-refractivity contribution in [2.24, 2.45) is 7.05 Å². The molecule has 0 aromatic carbocycles. The van der Waals surface area contributed by atoms with Gasteiger partial charge in [-0.3, -0.25) is 9.58 Å². The van der Waals surface area contributed by atoms with Crippen molar-refractivity contribution in [3.8, 4) is 0 Å². The van der Waals surface area contributed by atoms with Crippen LogP contribution in [0.4, 0.5) is 10.9 Å². The number of hydrogen-bond donors (Lipinski definition) is 1. The smallest absolute Gasteiger partial charge is 0.188 e. The Bertz CT molecular complexity index is 915. The van der Waals surface area contributed by atoms with Crippen molar-refractivity contribution in [3.63, 3.8) is 0 Å². The lowest BCUT2D eigenvalue weighted by Crippen LogP contribution is -2.34. The normalized spacial score (nSPS) is 18.0. The third kappa shape index (κ3) is 4.20. The first-order valence-corrected chi connectivity index (χ1v) is 10.3. The molecular weight excluding hydrogens is 356 g/mol. The van der Waals surface area contributed by atoms with Gasteiger partial charge in [-0.15, -0.1) is 11.3 Å². The number of hydrogen-bond acceptors (Lipinski definition) is 6. The molecule has 1 N–H and O–H groups in total. The highest BCUT2D eigenvalue weighted by Crippen LogP contribution is 2.28. The molecule has 6 nitrogen and oxygen atoms in total. The molecule has 0 aliphatic carbocycles. The van der Waals surface area contributed by atoms with Gasteiger partial charge in [-0.05, 0) is 45.4 Å². The van der Waals surface area contributed by atoms with E-state index in [1.165, 1.54) is 34.7 Å². The number of nitrogens with one attached hydrogen (secondary N) is 1. The fraction of sp³-hybridized carbons (Fsp3) is 0.450. The number of aromatic nitrogens is 4. The first-order valence-electron chi connectivity index (χ1n) is 9.45. The summed E-state index contributed by atoms with van der Waals surface area (Å²) in [4.78, 5) is 13.0. The zero-order chi connectivity index (χ0) is 18.8. The van der Waals surface area contributed by atoms with Crippen LogP contribution in [0.3, 0.4) is 0 Å². The van der Waals surface area contributed by atoms with Crippen LogP contribution in [0.1, 0.15) is 40.6 Å². The molecule has 4 rings (SSSR count). The standard InChI is InChI=1S/C20H26N6S/c1-14-10-21-20(27-14)24-19-8-4-7-18(23-19)16-6-5-9-26(12-16)13-17-11-22-25(3)15(17)2/h4,7-8,10-11,16H,5-6,9,12-13H2,1-3H3,(H,21,23,24)/t16-/m0/s1. The number of nitrogens with zero attached hydrogens (tertiary/aromatic N) is 5. The van der Waals surface area contributed by atoms with Crippen LogP contribution in [0.15, 0.2) is 30.6 Å². The Morgan fingerprint density at radius 2 is 2.15 bits per heavy atom. The van der Waals surface area contributed by atoms with E-state index in [-0.39, 0.29) is 0 Å². The number of pyridine rings is 1. The fourth-order valence-corrected chi connectivity index (χ4v) is 4.32. The Labute approximate surface area is 164 Å². The lowest BCUT2D eigenvalue weighted by atomic mass is 9.94. The lowest BCUT2D eigenvalue weighted by Gasteiger charge is -2.32. The maximum Gasteiger partial charge on any atom is 0.188 e. The van der Waals surface area contributed by atoms with Gasteiger partial charge in [0.15, 0.2) is 5.13 Å². The fourth-order valence-electron chi connectivity index (χ4n) is 3.65. The Morgan fingerprint density at radius 1 is 1.26 bits per heavy atom. The molecule has 0 saturated carbocycles. The predicted molar refractivity (Wildman–Crippen MR) is 110 cm³/mol. The van der Waals surface area contributed by atoms with E-state index in [9.17, 15) is 0 Å². The molecule has 1 aliphatic rings. The third-order valence-electron chi connectivity index (χ3n) is 5.28. The molecule has 3 aromatic rings. The number of thiazole rings is 1. The minimum absolute atomic E-state index is 0.468. The highest BCUT2D eigenvalue weighted by atomic mass is 32.1. The van der Waals surface area contributed by atoms with Crippen molar-refractivity contribution in [1.29, 1.82) is 0 Å². The number of piperidine rings is 1. The number of anilines is 2. The van der Waals surface area contributed by atoms with E-state index in [0.717, 1.165) is 30.6 Å². The highest BCUT2D eigenvalue weighted by molar-refractivity contribution is 7.15. The summed E-state index contributed by atoms with van der Waals surface area (Å²) in [5, 5.41) is 8.61. The Morgan fingerprint density at radius 3 is 2.89 bits per heavy atom. The summed E-state index contributed by atoms with van der Waals surface area (Å²) in [7, 11) is 2.00. The quantitative estimate of drug-likeness (QED) is 0.722. The third-order valence-corrected chi connectivity index (χ3v) is 6.11. The van der Waals surface area contributed by atoms with E-state index in [2.05, 4.69) is 46.3 Å². The Kier molecular flexibility index (Phi) is 5.22. The summed E-state index contributed by atoms with van der Waals surface area (Å²) in [6, 6.07) is 6.26. The van der Waals surface area contributed by atoms with E-state index in [1.807, 2.05) is 30.2 Å². The van der Waals surface area contributed by atoms with Crippen LogP contribution in [-0.4, -0.2) is 37.7 Å². The van der Waals surface area contributed by atoms with Gasteiger partial charge in [-0.2, -0.15) is 5.10 Å². The van der Waals surface area contributed by atoms with E-state index in [0.29, 0.717) is 5.92 Å². The van der Waals surface area contributed by atoms with E-state index < -0.39 is 0 Å². The van der Waals surface area contributed by atoms with Crippen LogP contribution in [0.5, 0.6) is 0 Å². The predicted octanol–water partition coefficient (Wildman–Crippen LogP) is 4.01. The molecule has 3 aromatic heterocycles. The maximum atomic E-state index is 4.88. The largest absolute Gasteiger partial charge is 0.316 e. The van der Waals surface area contributed by atoms with Crippen molar-refractivity contribution >= 4 is 22.3 Å². The average molecular weight is 383 g/mol. The van der Waals surface area contributed by atoms with Gasteiger partial charge in [-0.25, -0.2) is 9.97 Å². The van der Waals surface area contributed by atoms with Gasteiger partial charge in [0.25, 0.3) is 0 Å². The SMILES string of the molecule is Cc1cnc(Nc2cccc([C@H]3CCCN(Cc4cnn(C)c4C)C3)n2)s1. The molecule has 0 bridgehead atoms. The molecule has 0 amide bonds. The summed E-state index contributed by atoms with van der Waals surface area (Å²) in [5.74, 6) is 1.34. The second-order valence-electron chi connectivity index (χ2n) is 7.30. The summed E-state index contributed by atoms with van der Waals surface area (Å²) in [6.45, 7) is 7.35. The average Bonchev–Trinajstić information content (AvgIpc) is 3.22. The zero-order valence-corrected chi connectivity index (χ0v) is 17.0. The minimum atomic E-state index is 0.468. The molecule has 0 spiro atoms. The molecule has 7 heteroatoms. The second kappa shape index (κ2) is 7.78. The van der Waals surface area contributed by atoms with Crippen LogP contribution in [0, 0.1) is 13.8 Å². The zero-order valence-electron chi connectivity index (χ0n) is 16.1. The molecule has 1 aliphatic heterocycles. The van der Waals surface area contributed by atoms with Gasteiger partial charge in [-0.1, -0.05) is 6.07 Å². The molecule has 1 atom stereocenters. The molecule has 4 heterocycles. The van der Waals surface area contributed by atoms with Gasteiger partial charge >= 0.3 is 0 Å². The van der Waals surface area contributed by atoms with Crippen molar-refractivity contribution in [3.05, 3.63) is 52.4 Å². The van der Waals surface area contributed by atoms with E-state index in [1.54, 1.807) is 11.3 Å². The molecule has 1 saturated heterocycles. The number of aryl methyl sites for hydroxylation is 2. The summed E-state index contributed by atoms with van der Waals surface area (Å²) >= 11 is 1.65. The molecule has 0 radical (unpaired) electrons. The summed E-state index contributed by atoms with van der Waals surface area (Å²) in [6.07, 6.45) is 6.28. The Balaban J connectivity index is 1.44. The first-order chi connectivity index (χ1) is 13.1. The molecule has 142 valence electrons. The molecule has 1 fully saturated rings. The number of rotatable bonds is 5. The van der Waals surface area contributed by atoms with Gasteiger partial charge in [0, 0.05) is 54.1 Å². The van der Waals surface area contributed by atoms with Crippen LogP contribution in [0.25, 0.3) is 0 Å². The number of likely N-dealkylation sites (tertiary alicyclic amines) is 1. The molecular formula is C20H26N6S. The second-order valence-corrected chi connectivity index (χ2v) is 8.54. The van der Waals surface area contributed by atoms with E-state index in [4.69, 9.17) is 4.98 Å². The van der Waals surface area contributed by atoms with E-state index >= 15 is 0 Å². The monoisotopic (exact) mass is 382 g/mol. The lowest BCUT2D eigenvalue weighted by molar-refractivity contribution is 0.198. The van der Waals surface area contributed by atoms with Crippen molar-refractivity contribution in [1.82, 2.24) is 24.6 Å². The van der Waals surface area contributed by atoms with Crippen molar-refractivity contribution in [2.45, 2.75) is 39.2 Å². The van der Waals surface area contributed by atoms with Gasteiger partial charge < -0.3 is 5.32 Å². The van der Waals surface area contributed by atoms with Crippen LogP contribution in [0.2, 0.25) is 0 Å². The summed E-state index contributed by atoms with van der Waals surface area (Å²) in [5.41, 5.74) is 3.74. The van der Waals surface area contributed by atoms with Gasteiger partial charge in [0.1, 0.15) is 5.82 Å². The topological polar surface area (TPSA) is 58.9 Å². The van der Waals surface area contributed by atoms with Crippen LogP contribution < -0.4 is 5.32 Å². The summed E-state index contributed by atoms with van der Waals surface area (Å²) < 4.78 is 1.95. The molecule has 27 heavy (non-hydrogen) atoms. The van der Waals surface area contributed by atoms with Crippen LogP contribution >= 0.6 is 11.3 Å².